The molecule has 0 spiro atoms. The van der Waals surface area contributed by atoms with Crippen molar-refractivity contribution in [3.05, 3.63) is 64.0 Å². The minimum Gasteiger partial charge on any atom is -0.372 e. The molecule has 4 nitrogen and oxygen atoms in total. The van der Waals surface area contributed by atoms with E-state index in [-0.39, 0.29) is 11.1 Å². The van der Waals surface area contributed by atoms with Gasteiger partial charge < -0.3 is 4.90 Å². The van der Waals surface area contributed by atoms with Gasteiger partial charge >= 0.3 is 0 Å². The molecule has 3 rings (SSSR count). The minimum absolute atomic E-state index is 0.316. The molecule has 1 fully saturated rings. The number of hydrogen-bond donors (Lipinski definition) is 0. The van der Waals surface area contributed by atoms with Crippen molar-refractivity contribution in [2.75, 3.05) is 22.9 Å². The number of benzene rings is 2. The van der Waals surface area contributed by atoms with Crippen molar-refractivity contribution in [1.82, 2.24) is 0 Å². The van der Waals surface area contributed by atoms with Gasteiger partial charge in [0.15, 0.2) is 0 Å². The molecule has 6 heteroatoms. The van der Waals surface area contributed by atoms with E-state index in [1.807, 2.05) is 24.3 Å². The Bertz CT molecular complexity index is 860. The van der Waals surface area contributed by atoms with E-state index in [0.29, 0.717) is 15.6 Å². The summed E-state index contributed by atoms with van der Waals surface area (Å²) in [5, 5.41) is 0.167. The lowest BCUT2D eigenvalue weighted by molar-refractivity contribution is -0.113. The zero-order chi connectivity index (χ0) is 18.7. The van der Waals surface area contributed by atoms with Crippen LogP contribution in [0.15, 0.2) is 53.4 Å². The Morgan fingerprint density at radius 1 is 1.08 bits per heavy atom. The maximum absolute atomic E-state index is 12.7. The van der Waals surface area contributed by atoms with Crippen LogP contribution in [0.3, 0.4) is 0 Å². The second kappa shape index (κ2) is 7.98. The monoisotopic (exact) mass is 386 g/mol. The van der Waals surface area contributed by atoms with Gasteiger partial charge in [0.2, 0.25) is 0 Å². The van der Waals surface area contributed by atoms with Gasteiger partial charge in [-0.2, -0.15) is 0 Å². The Morgan fingerprint density at radius 2 is 1.77 bits per heavy atom. The Kier molecular flexibility index (Phi) is 5.69. The molecule has 2 aromatic carbocycles. The zero-order valence-electron chi connectivity index (χ0n) is 14.6. The first-order valence-electron chi connectivity index (χ1n) is 8.42. The van der Waals surface area contributed by atoms with Gasteiger partial charge in [0.25, 0.3) is 11.1 Å². The van der Waals surface area contributed by atoms with Gasteiger partial charge in [-0.1, -0.05) is 29.8 Å². The van der Waals surface area contributed by atoms with E-state index in [2.05, 4.69) is 18.7 Å². The van der Waals surface area contributed by atoms with Crippen molar-refractivity contribution < 1.29 is 9.59 Å². The van der Waals surface area contributed by atoms with Crippen LogP contribution in [0.1, 0.15) is 19.4 Å². The van der Waals surface area contributed by atoms with Crippen molar-refractivity contribution in [3.63, 3.8) is 0 Å². The Balaban J connectivity index is 1.84. The van der Waals surface area contributed by atoms with E-state index in [0.717, 1.165) is 41.0 Å². The summed E-state index contributed by atoms with van der Waals surface area (Å²) < 4.78 is 0. The lowest BCUT2D eigenvalue weighted by Gasteiger charge is -2.20. The number of nitrogens with zero attached hydrogens (tertiary/aromatic N) is 2. The fraction of sp³-hybridized carbons (Fsp3) is 0.200. The average molecular weight is 387 g/mol. The summed E-state index contributed by atoms with van der Waals surface area (Å²) >= 11 is 6.92. The third-order valence-corrected chi connectivity index (χ3v) is 5.28. The van der Waals surface area contributed by atoms with Crippen molar-refractivity contribution in [2.24, 2.45) is 0 Å². The maximum atomic E-state index is 12.7. The van der Waals surface area contributed by atoms with Gasteiger partial charge in [0.1, 0.15) is 0 Å². The summed E-state index contributed by atoms with van der Waals surface area (Å²) in [5.74, 6) is -0.324. The second-order valence-corrected chi connectivity index (χ2v) is 7.19. The highest BCUT2D eigenvalue weighted by Gasteiger charge is 2.36. The molecule has 2 amide bonds. The standard InChI is InChI=1S/C20H19ClN2O2S/c1-3-22(4-2)16-10-8-14(9-11-16)12-18-19(24)23(20(25)26-18)17-7-5-6-15(21)13-17/h5-13H,3-4H2,1-2H3/b18-12+. The molecule has 0 aromatic heterocycles. The Morgan fingerprint density at radius 3 is 2.38 bits per heavy atom. The number of amides is 2. The third kappa shape index (κ3) is 3.79. The molecular weight excluding hydrogens is 368 g/mol. The maximum Gasteiger partial charge on any atom is 0.298 e. The number of hydrogen-bond acceptors (Lipinski definition) is 4. The van der Waals surface area contributed by atoms with Crippen LogP contribution in [0.2, 0.25) is 5.02 Å². The molecule has 0 unspecified atom stereocenters. The first-order chi connectivity index (χ1) is 12.5. The van der Waals surface area contributed by atoms with Gasteiger partial charge in [-0.3, -0.25) is 9.59 Å². The highest BCUT2D eigenvalue weighted by molar-refractivity contribution is 8.19. The number of anilines is 2. The first-order valence-corrected chi connectivity index (χ1v) is 9.61. The molecule has 1 aliphatic heterocycles. The van der Waals surface area contributed by atoms with E-state index in [1.54, 1.807) is 30.3 Å². The highest BCUT2D eigenvalue weighted by atomic mass is 35.5. The van der Waals surface area contributed by atoms with Crippen LogP contribution >= 0.6 is 23.4 Å². The fourth-order valence-electron chi connectivity index (χ4n) is 2.83. The highest BCUT2D eigenvalue weighted by Crippen LogP contribution is 2.36. The lowest BCUT2D eigenvalue weighted by atomic mass is 10.1. The van der Waals surface area contributed by atoms with Crippen LogP contribution < -0.4 is 9.80 Å². The van der Waals surface area contributed by atoms with Crippen LogP contribution in [-0.2, 0) is 4.79 Å². The van der Waals surface area contributed by atoms with Crippen LogP contribution in [0.5, 0.6) is 0 Å². The smallest absolute Gasteiger partial charge is 0.298 e. The molecule has 0 saturated carbocycles. The topological polar surface area (TPSA) is 40.6 Å². The average Bonchev–Trinajstić information content (AvgIpc) is 2.91. The molecule has 0 atom stereocenters. The molecule has 0 N–H and O–H groups in total. The number of imide groups is 1. The number of carbonyl (C=O) groups is 2. The summed E-state index contributed by atoms with van der Waals surface area (Å²) in [7, 11) is 0. The molecular formula is C20H19ClN2O2S. The van der Waals surface area contributed by atoms with Crippen LogP contribution in [0.25, 0.3) is 6.08 Å². The number of thioether (sulfide) groups is 1. The molecule has 0 bridgehead atoms. The van der Waals surface area contributed by atoms with E-state index in [4.69, 9.17) is 11.6 Å². The summed E-state index contributed by atoms with van der Waals surface area (Å²) in [6.45, 7) is 6.11. The molecule has 1 aliphatic rings. The second-order valence-electron chi connectivity index (χ2n) is 5.76. The van der Waals surface area contributed by atoms with Gasteiger partial charge in [-0.15, -0.1) is 0 Å². The molecule has 0 aliphatic carbocycles. The molecule has 0 radical (unpaired) electrons. The molecule has 1 heterocycles. The van der Waals surface area contributed by atoms with Gasteiger partial charge in [-0.05, 0) is 67.6 Å². The normalized spacial score (nSPS) is 15.8. The fourth-order valence-corrected chi connectivity index (χ4v) is 3.85. The van der Waals surface area contributed by atoms with Crippen molar-refractivity contribution in [3.8, 4) is 0 Å². The summed E-state index contributed by atoms with van der Waals surface area (Å²) in [6, 6.07) is 14.7. The zero-order valence-corrected chi connectivity index (χ0v) is 16.2. The predicted octanol–water partition coefficient (Wildman–Crippen LogP) is 5.43. The number of rotatable bonds is 5. The van der Waals surface area contributed by atoms with Crippen molar-refractivity contribution in [2.45, 2.75) is 13.8 Å². The van der Waals surface area contributed by atoms with Gasteiger partial charge in [0.05, 0.1) is 10.6 Å². The molecule has 2 aromatic rings. The Hall–Kier alpha value is -2.24. The van der Waals surface area contributed by atoms with E-state index in [1.165, 1.54) is 0 Å². The van der Waals surface area contributed by atoms with Crippen molar-refractivity contribution in [1.29, 1.82) is 0 Å². The van der Waals surface area contributed by atoms with Crippen LogP contribution in [-0.4, -0.2) is 24.2 Å². The molecule has 1 saturated heterocycles. The SMILES string of the molecule is CCN(CC)c1ccc(/C=C2/SC(=O)N(c3cccc(Cl)c3)C2=O)cc1. The molecule has 26 heavy (non-hydrogen) atoms. The van der Waals surface area contributed by atoms with Gasteiger partial charge in [-0.25, -0.2) is 4.90 Å². The number of carbonyl (C=O) groups excluding carboxylic acids is 2. The van der Waals surface area contributed by atoms with Gasteiger partial charge in [0, 0.05) is 23.8 Å². The van der Waals surface area contributed by atoms with E-state index in [9.17, 15) is 9.59 Å². The summed E-state index contributed by atoms with van der Waals surface area (Å²) in [6.07, 6.45) is 1.75. The van der Waals surface area contributed by atoms with E-state index >= 15 is 0 Å². The first kappa shape index (κ1) is 18.5. The van der Waals surface area contributed by atoms with Crippen LogP contribution in [0, 0.1) is 0 Å². The van der Waals surface area contributed by atoms with E-state index < -0.39 is 0 Å². The predicted molar refractivity (Wildman–Crippen MR) is 110 cm³/mol. The minimum atomic E-state index is -0.324. The quantitative estimate of drug-likeness (QED) is 0.642. The third-order valence-electron chi connectivity index (χ3n) is 4.18. The molecule has 134 valence electrons. The largest absolute Gasteiger partial charge is 0.372 e. The summed E-state index contributed by atoms with van der Waals surface area (Å²) in [4.78, 5) is 28.8. The Labute approximate surface area is 162 Å². The van der Waals surface area contributed by atoms with Crippen molar-refractivity contribution >= 4 is 52.0 Å². The summed E-state index contributed by atoms with van der Waals surface area (Å²) in [5.41, 5.74) is 2.51. The van der Waals surface area contributed by atoms with Crippen LogP contribution in [0.4, 0.5) is 16.2 Å². The number of halogens is 1. The lowest BCUT2D eigenvalue weighted by Crippen LogP contribution is -2.27.